The van der Waals surface area contributed by atoms with Gasteiger partial charge in [-0.3, -0.25) is 20.4 Å². The van der Waals surface area contributed by atoms with Crippen molar-refractivity contribution in [3.8, 4) is 0 Å². The Kier molecular flexibility index (Phi) is 5.72. The van der Waals surface area contributed by atoms with Gasteiger partial charge in [0.25, 0.3) is 5.91 Å². The summed E-state index contributed by atoms with van der Waals surface area (Å²) in [6.07, 6.45) is 5.62. The third-order valence-corrected chi connectivity index (χ3v) is 5.58. The van der Waals surface area contributed by atoms with E-state index in [-0.39, 0.29) is 5.76 Å². The molecule has 0 unspecified atom stereocenters. The van der Waals surface area contributed by atoms with E-state index in [4.69, 9.17) is 9.15 Å². The van der Waals surface area contributed by atoms with Crippen molar-refractivity contribution in [3.63, 3.8) is 0 Å². The zero-order valence-electron chi connectivity index (χ0n) is 14.4. The summed E-state index contributed by atoms with van der Waals surface area (Å²) in [6, 6.07) is 4.89. The molecular formula is C18H20N2O5S. The van der Waals surface area contributed by atoms with Crippen LogP contribution in [0.1, 0.15) is 50.4 Å². The van der Waals surface area contributed by atoms with E-state index < -0.39 is 24.4 Å². The molecule has 0 saturated heterocycles. The molecule has 1 aliphatic carbocycles. The Bertz CT molecular complexity index is 797. The Hall–Kier alpha value is -2.61. The van der Waals surface area contributed by atoms with Crippen LogP contribution in [0.25, 0.3) is 0 Å². The fourth-order valence-electron chi connectivity index (χ4n) is 2.88. The van der Waals surface area contributed by atoms with Crippen molar-refractivity contribution in [1.82, 2.24) is 10.9 Å². The van der Waals surface area contributed by atoms with Crippen LogP contribution in [0.3, 0.4) is 0 Å². The molecule has 26 heavy (non-hydrogen) atoms. The average molecular weight is 376 g/mol. The Balaban J connectivity index is 1.46. The summed E-state index contributed by atoms with van der Waals surface area (Å²) in [5, 5.41) is 0. The van der Waals surface area contributed by atoms with Gasteiger partial charge in [-0.2, -0.15) is 0 Å². The van der Waals surface area contributed by atoms with Gasteiger partial charge in [0.2, 0.25) is 0 Å². The van der Waals surface area contributed by atoms with Crippen molar-refractivity contribution in [2.75, 3.05) is 6.61 Å². The lowest BCUT2D eigenvalue weighted by Gasteiger charge is -2.19. The van der Waals surface area contributed by atoms with Crippen LogP contribution in [-0.2, 0) is 22.4 Å². The monoisotopic (exact) mass is 376 g/mol. The zero-order valence-corrected chi connectivity index (χ0v) is 15.2. The maximum absolute atomic E-state index is 12.1. The van der Waals surface area contributed by atoms with Crippen LogP contribution >= 0.6 is 11.3 Å². The number of nitrogens with one attached hydrogen (secondary N) is 2. The van der Waals surface area contributed by atoms with Crippen molar-refractivity contribution in [1.29, 1.82) is 0 Å². The quantitative estimate of drug-likeness (QED) is 0.617. The molecule has 0 bridgehead atoms. The number of ether oxygens (including phenoxy) is 1. The van der Waals surface area contributed by atoms with Gasteiger partial charge in [-0.05, 0) is 48.9 Å². The van der Waals surface area contributed by atoms with Gasteiger partial charge in [-0.1, -0.05) is 13.3 Å². The third-order valence-electron chi connectivity index (χ3n) is 4.36. The predicted molar refractivity (Wildman–Crippen MR) is 94.7 cm³/mol. The lowest BCUT2D eigenvalue weighted by molar-refractivity contribution is -0.125. The molecule has 1 aliphatic rings. The van der Waals surface area contributed by atoms with Crippen LogP contribution in [0, 0.1) is 5.92 Å². The number of rotatable bonds is 5. The molecule has 1 atom stereocenters. The number of amides is 2. The third kappa shape index (κ3) is 4.32. The Morgan fingerprint density at radius 3 is 2.92 bits per heavy atom. The van der Waals surface area contributed by atoms with Gasteiger partial charge in [0.05, 0.1) is 6.26 Å². The summed E-state index contributed by atoms with van der Waals surface area (Å²) in [5.41, 5.74) is 5.56. The van der Waals surface area contributed by atoms with Gasteiger partial charge in [0.1, 0.15) is 4.88 Å². The predicted octanol–water partition coefficient (Wildman–Crippen LogP) is 2.47. The van der Waals surface area contributed by atoms with Gasteiger partial charge >= 0.3 is 11.9 Å². The number of esters is 1. The second-order valence-electron chi connectivity index (χ2n) is 6.13. The van der Waals surface area contributed by atoms with Gasteiger partial charge in [0.15, 0.2) is 12.4 Å². The van der Waals surface area contributed by atoms with Gasteiger partial charge < -0.3 is 9.15 Å². The Labute approximate surface area is 154 Å². The summed E-state index contributed by atoms with van der Waals surface area (Å²) in [4.78, 5) is 37.2. The fraction of sp³-hybridized carbons (Fsp3) is 0.389. The van der Waals surface area contributed by atoms with Crippen LogP contribution < -0.4 is 10.9 Å². The SMILES string of the molecule is CC[C@H]1CCc2sc(C(=O)OCC(=O)NNC(=O)c3ccco3)cc2C1. The Morgan fingerprint density at radius 2 is 2.19 bits per heavy atom. The molecule has 0 aromatic carbocycles. The standard InChI is InChI=1S/C18H20N2O5S/c1-2-11-5-6-14-12(8-11)9-15(26-14)18(23)25-10-16(21)19-20-17(22)13-4-3-7-24-13/h3-4,7,9,11H,2,5-6,8,10H2,1H3,(H,19,21)(H,20,22)/t11-/m0/s1. The van der Waals surface area contributed by atoms with Crippen LogP contribution in [0.5, 0.6) is 0 Å². The van der Waals surface area contributed by atoms with Crippen LogP contribution in [0.2, 0.25) is 0 Å². The number of aryl methyl sites for hydroxylation is 1. The highest BCUT2D eigenvalue weighted by Gasteiger charge is 2.23. The highest BCUT2D eigenvalue weighted by atomic mass is 32.1. The second-order valence-corrected chi connectivity index (χ2v) is 7.27. The molecule has 0 aliphatic heterocycles. The average Bonchev–Trinajstić information content (AvgIpc) is 3.32. The second kappa shape index (κ2) is 8.18. The molecule has 138 valence electrons. The summed E-state index contributed by atoms with van der Waals surface area (Å²) in [7, 11) is 0. The van der Waals surface area contributed by atoms with Crippen molar-refractivity contribution < 1.29 is 23.5 Å². The molecule has 2 heterocycles. The Morgan fingerprint density at radius 1 is 1.35 bits per heavy atom. The smallest absolute Gasteiger partial charge is 0.348 e. The number of fused-ring (bicyclic) bond motifs is 1. The van der Waals surface area contributed by atoms with E-state index in [1.807, 2.05) is 6.07 Å². The summed E-state index contributed by atoms with van der Waals surface area (Å²) >= 11 is 1.44. The van der Waals surface area contributed by atoms with E-state index in [0.717, 1.165) is 25.7 Å². The molecule has 8 heteroatoms. The van der Waals surface area contributed by atoms with Crippen molar-refractivity contribution in [3.05, 3.63) is 45.5 Å². The first-order valence-electron chi connectivity index (χ1n) is 8.48. The molecule has 2 N–H and O–H groups in total. The van der Waals surface area contributed by atoms with Gasteiger partial charge in [-0.25, -0.2) is 4.79 Å². The molecule has 0 spiro atoms. The molecule has 0 saturated carbocycles. The van der Waals surface area contributed by atoms with Gasteiger partial charge in [-0.15, -0.1) is 11.3 Å². The summed E-state index contributed by atoms with van der Waals surface area (Å²) in [6.45, 7) is 1.71. The number of carbonyl (C=O) groups excluding carboxylic acids is 3. The fourth-order valence-corrected chi connectivity index (χ4v) is 3.98. The molecule has 7 nitrogen and oxygen atoms in total. The number of carbonyl (C=O) groups is 3. The topological polar surface area (TPSA) is 97.6 Å². The molecule has 0 fully saturated rings. The van der Waals surface area contributed by atoms with Crippen LogP contribution in [0.15, 0.2) is 28.9 Å². The zero-order chi connectivity index (χ0) is 18.5. The lowest BCUT2D eigenvalue weighted by atomic mass is 9.87. The maximum Gasteiger partial charge on any atom is 0.348 e. The summed E-state index contributed by atoms with van der Waals surface area (Å²) in [5.74, 6) is -1.01. The minimum absolute atomic E-state index is 0.0665. The molecule has 2 aromatic rings. The van der Waals surface area contributed by atoms with E-state index in [0.29, 0.717) is 10.8 Å². The number of hydrogen-bond donors (Lipinski definition) is 2. The minimum Gasteiger partial charge on any atom is -0.459 e. The first-order chi connectivity index (χ1) is 12.6. The van der Waals surface area contributed by atoms with Gasteiger partial charge in [0, 0.05) is 4.88 Å². The number of furan rings is 1. The van der Waals surface area contributed by atoms with Crippen LogP contribution in [0.4, 0.5) is 0 Å². The minimum atomic E-state index is -0.634. The van der Waals surface area contributed by atoms with Crippen molar-refractivity contribution >= 4 is 29.1 Å². The number of hydrogen-bond acceptors (Lipinski definition) is 6. The largest absolute Gasteiger partial charge is 0.459 e. The molecule has 2 aromatic heterocycles. The normalized spacial score (nSPS) is 15.8. The van der Waals surface area contributed by atoms with E-state index in [9.17, 15) is 14.4 Å². The van der Waals surface area contributed by atoms with Crippen molar-refractivity contribution in [2.24, 2.45) is 5.92 Å². The van der Waals surface area contributed by atoms with Crippen LogP contribution in [-0.4, -0.2) is 24.4 Å². The number of thiophene rings is 1. The highest BCUT2D eigenvalue weighted by Crippen LogP contribution is 2.33. The molecule has 3 rings (SSSR count). The molecular weight excluding hydrogens is 356 g/mol. The number of hydrazine groups is 1. The van der Waals surface area contributed by atoms with E-state index in [1.165, 1.54) is 34.1 Å². The van der Waals surface area contributed by atoms with E-state index in [2.05, 4.69) is 17.8 Å². The van der Waals surface area contributed by atoms with Crippen molar-refractivity contribution in [2.45, 2.75) is 32.6 Å². The first kappa shape index (κ1) is 18.2. The van der Waals surface area contributed by atoms with E-state index >= 15 is 0 Å². The maximum atomic E-state index is 12.1. The first-order valence-corrected chi connectivity index (χ1v) is 9.29. The lowest BCUT2D eigenvalue weighted by Crippen LogP contribution is -2.43. The highest BCUT2D eigenvalue weighted by molar-refractivity contribution is 7.14. The van der Waals surface area contributed by atoms with E-state index in [1.54, 1.807) is 6.07 Å². The summed E-state index contributed by atoms with van der Waals surface area (Å²) < 4.78 is 9.92. The molecule has 2 amide bonds. The molecule has 0 radical (unpaired) electrons.